The number of carbonyl (C=O) groups is 4. The SMILES string of the molecule is COC(=O)N[C@@H](C(=O)N1CCC[C@H]1c1ncc(-c2cc(F)c(N3CCC(c4cnc([C@@H]5CCCN5C(=O)[C@H](NC(=O)c5nccn5C)c5ccccc5)[nH]4)CC3)c(F)c2)[nH]1)c1ccccc1. The number of amides is 4. The normalized spacial score (nSPS) is 18.6. The molecule has 6 aromatic rings. The van der Waals surface area contributed by atoms with Gasteiger partial charge in [-0.2, -0.15) is 0 Å². The Morgan fingerprint density at radius 2 is 1.29 bits per heavy atom. The molecule has 3 saturated heterocycles. The van der Waals surface area contributed by atoms with Crippen molar-refractivity contribution in [2.45, 2.75) is 68.6 Å². The van der Waals surface area contributed by atoms with E-state index in [0.717, 1.165) is 12.1 Å². The van der Waals surface area contributed by atoms with Gasteiger partial charge in [-0.3, -0.25) is 14.4 Å². The number of aromatic amines is 2. The van der Waals surface area contributed by atoms with Crippen LogP contribution in [0.3, 0.4) is 0 Å². The molecule has 0 unspecified atom stereocenters. The number of nitrogens with one attached hydrogen (secondary N) is 4. The second kappa shape index (κ2) is 19.0. The van der Waals surface area contributed by atoms with Gasteiger partial charge in [0.25, 0.3) is 11.8 Å². The van der Waals surface area contributed by atoms with Gasteiger partial charge >= 0.3 is 6.09 Å². The minimum atomic E-state index is -0.980. The number of hydrogen-bond acceptors (Lipinski definition) is 9. The Morgan fingerprint density at radius 3 is 1.85 bits per heavy atom. The Kier molecular flexibility index (Phi) is 12.6. The summed E-state index contributed by atoms with van der Waals surface area (Å²) in [6.45, 7) is 1.75. The standard InChI is InChI=1S/C48H51F2N11O5/c1-58-24-19-51-44(58)45(62)56-39(30-11-5-3-6-12-30)46(63)60-20-9-15-37(60)42-52-27-35(54-42)29-17-22-59(23-18-29)41-33(49)25-32(26-34(41)50)36-28-53-43(55-36)38-16-10-21-61(38)47(64)40(57-48(65)66-2)31-13-7-4-8-14-31/h3-8,11-14,19,24-29,37-40H,9-10,15-18,20-23H2,1-2H3,(H,52,54)(H,53,55)(H,56,62)(H,57,65)/t37-,38-,39+,40+/m0/s1. The third kappa shape index (κ3) is 8.86. The molecule has 342 valence electrons. The van der Waals surface area contributed by atoms with Gasteiger partial charge in [0.2, 0.25) is 5.91 Å². The number of alkyl carbamates (subject to hydrolysis) is 1. The van der Waals surface area contributed by atoms with E-state index in [1.807, 2.05) is 36.4 Å². The molecule has 0 bridgehead atoms. The molecule has 3 aliphatic rings. The van der Waals surface area contributed by atoms with E-state index in [2.05, 4.69) is 30.6 Å². The number of aryl methyl sites for hydroxylation is 1. The van der Waals surface area contributed by atoms with E-state index in [1.54, 1.807) is 63.0 Å². The summed E-state index contributed by atoms with van der Waals surface area (Å²) in [4.78, 5) is 79.0. The van der Waals surface area contributed by atoms with Gasteiger partial charge in [-0.1, -0.05) is 60.7 Å². The van der Waals surface area contributed by atoms with Crippen LogP contribution in [-0.4, -0.2) is 96.4 Å². The first kappa shape index (κ1) is 43.9. The fourth-order valence-corrected chi connectivity index (χ4v) is 9.60. The number of methoxy groups -OCH3 is 1. The van der Waals surface area contributed by atoms with Crippen LogP contribution in [0.4, 0.5) is 19.3 Å². The molecule has 4 N–H and O–H groups in total. The molecule has 4 amide bonds. The van der Waals surface area contributed by atoms with Crippen molar-refractivity contribution >= 4 is 29.5 Å². The lowest BCUT2D eigenvalue weighted by molar-refractivity contribution is -0.135. The lowest BCUT2D eigenvalue weighted by Gasteiger charge is -2.33. The molecule has 0 aliphatic carbocycles. The quantitative estimate of drug-likeness (QED) is 0.103. The van der Waals surface area contributed by atoms with Crippen LogP contribution in [0.25, 0.3) is 11.3 Å². The van der Waals surface area contributed by atoms with Crippen LogP contribution in [0.5, 0.6) is 0 Å². The van der Waals surface area contributed by atoms with Gasteiger partial charge < -0.3 is 44.6 Å². The highest BCUT2D eigenvalue weighted by Gasteiger charge is 2.39. The molecule has 3 aromatic carbocycles. The molecule has 16 nitrogen and oxygen atoms in total. The predicted octanol–water partition coefficient (Wildman–Crippen LogP) is 6.79. The van der Waals surface area contributed by atoms with Crippen molar-refractivity contribution in [2.24, 2.45) is 7.05 Å². The summed E-state index contributed by atoms with van der Waals surface area (Å²) in [6, 6.07) is 18.0. The van der Waals surface area contributed by atoms with Gasteiger partial charge in [0.1, 0.15) is 41.1 Å². The zero-order chi connectivity index (χ0) is 45.9. The molecule has 0 saturated carbocycles. The maximum Gasteiger partial charge on any atom is 0.407 e. The van der Waals surface area contributed by atoms with Gasteiger partial charge in [0, 0.05) is 69.0 Å². The molecule has 6 heterocycles. The highest BCUT2D eigenvalue weighted by atomic mass is 19.1. The van der Waals surface area contributed by atoms with E-state index in [9.17, 15) is 19.2 Å². The van der Waals surface area contributed by atoms with E-state index in [4.69, 9.17) is 9.72 Å². The van der Waals surface area contributed by atoms with E-state index in [0.29, 0.717) is 86.8 Å². The summed E-state index contributed by atoms with van der Waals surface area (Å²) in [7, 11) is 2.96. The summed E-state index contributed by atoms with van der Waals surface area (Å²) in [5, 5.41) is 5.57. The van der Waals surface area contributed by atoms with Crippen LogP contribution in [0.15, 0.2) is 97.6 Å². The topological polar surface area (TPSA) is 186 Å². The van der Waals surface area contributed by atoms with Gasteiger partial charge in [0.05, 0.1) is 31.1 Å². The van der Waals surface area contributed by atoms with Crippen molar-refractivity contribution in [1.82, 2.24) is 49.9 Å². The monoisotopic (exact) mass is 899 g/mol. The number of aromatic nitrogens is 6. The summed E-state index contributed by atoms with van der Waals surface area (Å²) in [5.41, 5.74) is 2.75. The number of nitrogens with zero attached hydrogens (tertiary/aromatic N) is 7. The molecular weight excluding hydrogens is 849 g/mol. The summed E-state index contributed by atoms with van der Waals surface area (Å²) >= 11 is 0. The molecule has 9 rings (SSSR count). The highest BCUT2D eigenvalue weighted by Crippen LogP contribution is 2.39. The molecule has 0 radical (unpaired) electrons. The number of likely N-dealkylation sites (tertiary alicyclic amines) is 2. The van der Waals surface area contributed by atoms with E-state index < -0.39 is 41.8 Å². The van der Waals surface area contributed by atoms with Gasteiger partial charge in [-0.25, -0.2) is 28.5 Å². The lowest BCUT2D eigenvalue weighted by atomic mass is 9.93. The van der Waals surface area contributed by atoms with Gasteiger partial charge in [0.15, 0.2) is 5.82 Å². The number of ether oxygens (including phenoxy) is 1. The minimum Gasteiger partial charge on any atom is -0.453 e. The second-order valence-corrected chi connectivity index (χ2v) is 17.0. The summed E-state index contributed by atoms with van der Waals surface area (Å²) in [6.07, 6.45) is 9.79. The first-order valence-electron chi connectivity index (χ1n) is 22.3. The average Bonchev–Trinajstić information content (AvgIpc) is 4.20. The zero-order valence-corrected chi connectivity index (χ0v) is 36.6. The van der Waals surface area contributed by atoms with Crippen molar-refractivity contribution < 1.29 is 32.7 Å². The molecule has 3 aromatic heterocycles. The first-order valence-corrected chi connectivity index (χ1v) is 22.3. The van der Waals surface area contributed by atoms with Crippen molar-refractivity contribution in [3.05, 3.63) is 144 Å². The molecule has 3 fully saturated rings. The van der Waals surface area contributed by atoms with Crippen molar-refractivity contribution in [1.29, 1.82) is 0 Å². The number of halogens is 2. The van der Waals surface area contributed by atoms with Crippen LogP contribution in [0, 0.1) is 11.6 Å². The summed E-state index contributed by atoms with van der Waals surface area (Å²) < 4.78 is 38.3. The predicted molar refractivity (Wildman–Crippen MR) is 239 cm³/mol. The third-order valence-electron chi connectivity index (χ3n) is 13.0. The molecule has 4 atom stereocenters. The number of carbonyl (C=O) groups excluding carboxylic acids is 4. The van der Waals surface area contributed by atoms with Crippen LogP contribution >= 0.6 is 0 Å². The Labute approximate surface area is 379 Å². The first-order chi connectivity index (χ1) is 32.1. The smallest absolute Gasteiger partial charge is 0.407 e. The maximum absolute atomic E-state index is 16.0. The van der Waals surface area contributed by atoms with E-state index in [1.165, 1.54) is 31.6 Å². The molecule has 66 heavy (non-hydrogen) atoms. The molecule has 3 aliphatic heterocycles. The number of H-pyrrole nitrogens is 2. The van der Waals surface area contributed by atoms with E-state index in [-0.39, 0.29) is 40.8 Å². The number of anilines is 1. The Balaban J connectivity index is 0.845. The minimum absolute atomic E-state index is 0.0530. The number of rotatable bonds is 12. The number of piperidine rings is 1. The van der Waals surface area contributed by atoms with Crippen LogP contribution < -0.4 is 15.5 Å². The Bertz CT molecular complexity index is 2670. The second-order valence-electron chi connectivity index (χ2n) is 17.0. The van der Waals surface area contributed by atoms with Gasteiger partial charge in [-0.05, 0) is 61.8 Å². The highest BCUT2D eigenvalue weighted by molar-refractivity contribution is 5.95. The van der Waals surface area contributed by atoms with Crippen LogP contribution in [-0.2, 0) is 21.4 Å². The van der Waals surface area contributed by atoms with Crippen LogP contribution in [0.2, 0.25) is 0 Å². The largest absolute Gasteiger partial charge is 0.453 e. The Morgan fingerprint density at radius 1 is 0.727 bits per heavy atom. The van der Waals surface area contributed by atoms with Gasteiger partial charge in [-0.15, -0.1) is 0 Å². The lowest BCUT2D eigenvalue weighted by Crippen LogP contribution is -2.43. The van der Waals surface area contributed by atoms with Crippen LogP contribution in [0.1, 0.15) is 108 Å². The number of hydrogen-bond donors (Lipinski definition) is 4. The Hall–Kier alpha value is -7.37. The fraction of sp³-hybridized carbons (Fsp3) is 0.354. The number of imidazole rings is 3. The zero-order valence-electron chi connectivity index (χ0n) is 36.6. The maximum atomic E-state index is 16.0. The average molecular weight is 900 g/mol. The van der Waals surface area contributed by atoms with Crippen molar-refractivity contribution in [3.63, 3.8) is 0 Å². The van der Waals surface area contributed by atoms with E-state index >= 15 is 8.78 Å². The molecule has 18 heteroatoms. The molecular formula is C48H51F2N11O5. The molecule has 0 spiro atoms. The van der Waals surface area contributed by atoms with Crippen molar-refractivity contribution in [3.8, 4) is 11.3 Å². The van der Waals surface area contributed by atoms with Crippen molar-refractivity contribution in [2.75, 3.05) is 38.2 Å². The number of benzene rings is 3. The fourth-order valence-electron chi connectivity index (χ4n) is 9.60. The summed E-state index contributed by atoms with van der Waals surface area (Å²) in [5.74, 6) is -1.03. The third-order valence-corrected chi connectivity index (χ3v) is 13.0.